The van der Waals surface area contributed by atoms with Crippen LogP contribution in [0.3, 0.4) is 0 Å². The number of piperidine rings is 1. The van der Waals surface area contributed by atoms with Gasteiger partial charge in [0.15, 0.2) is 0 Å². The van der Waals surface area contributed by atoms with Crippen molar-refractivity contribution < 1.29 is 14.6 Å². The van der Waals surface area contributed by atoms with Gasteiger partial charge in [-0.3, -0.25) is 4.79 Å². The lowest BCUT2D eigenvalue weighted by molar-refractivity contribution is -0.0357. The fraction of sp³-hybridized carbons (Fsp3) is 0.588. The van der Waals surface area contributed by atoms with Gasteiger partial charge in [-0.1, -0.05) is 24.4 Å². The normalized spacial score (nSPS) is 20.5. The quantitative estimate of drug-likeness (QED) is 0.924. The van der Waals surface area contributed by atoms with Gasteiger partial charge in [0, 0.05) is 18.7 Å². The summed E-state index contributed by atoms with van der Waals surface area (Å²) in [6, 6.07) is 4.61. The van der Waals surface area contributed by atoms with Gasteiger partial charge in [-0.2, -0.15) is 0 Å². The number of phenolic OH excluding ortho intramolecular Hbond substituents is 1. The van der Waals surface area contributed by atoms with Crippen molar-refractivity contribution in [2.24, 2.45) is 0 Å². The van der Waals surface area contributed by atoms with Crippen LogP contribution in [0.25, 0.3) is 0 Å². The van der Waals surface area contributed by atoms with Crippen LogP contribution in [0.1, 0.15) is 48.9 Å². The highest BCUT2D eigenvalue weighted by molar-refractivity contribution is 6.32. The molecule has 0 radical (unpaired) electrons. The molecule has 1 saturated carbocycles. The lowest BCUT2D eigenvalue weighted by atomic mass is 10.1. The SMILES string of the molecule is O=C(c1ccc(O)c(Cl)c1)N1CCC(OC2CCCC2)CC1. The van der Waals surface area contributed by atoms with E-state index in [0.717, 1.165) is 12.8 Å². The largest absolute Gasteiger partial charge is 0.506 e. The molecule has 2 aliphatic rings. The van der Waals surface area contributed by atoms with Crippen molar-refractivity contribution >= 4 is 17.5 Å². The van der Waals surface area contributed by atoms with Gasteiger partial charge in [0.05, 0.1) is 17.2 Å². The number of phenols is 1. The van der Waals surface area contributed by atoms with Crippen molar-refractivity contribution in [3.05, 3.63) is 28.8 Å². The Morgan fingerprint density at radius 2 is 1.77 bits per heavy atom. The predicted octanol–water partition coefficient (Wildman–Crippen LogP) is 3.61. The summed E-state index contributed by atoms with van der Waals surface area (Å²) in [4.78, 5) is 14.3. The Kier molecular flexibility index (Phi) is 4.89. The minimum Gasteiger partial charge on any atom is -0.506 e. The lowest BCUT2D eigenvalue weighted by Crippen LogP contribution is -2.41. The molecule has 4 nitrogen and oxygen atoms in total. The maximum Gasteiger partial charge on any atom is 0.253 e. The van der Waals surface area contributed by atoms with E-state index < -0.39 is 0 Å². The maximum atomic E-state index is 12.5. The van der Waals surface area contributed by atoms with Gasteiger partial charge in [-0.05, 0) is 43.9 Å². The highest BCUT2D eigenvalue weighted by Crippen LogP contribution is 2.27. The second kappa shape index (κ2) is 6.88. The van der Waals surface area contributed by atoms with Crippen LogP contribution in [0.15, 0.2) is 18.2 Å². The molecular formula is C17H22ClNO3. The first-order chi connectivity index (χ1) is 10.6. The molecule has 1 aliphatic heterocycles. The molecule has 1 aromatic rings. The van der Waals surface area contributed by atoms with Crippen LogP contribution < -0.4 is 0 Å². The number of halogens is 1. The number of nitrogens with zero attached hydrogens (tertiary/aromatic N) is 1. The second-order valence-electron chi connectivity index (χ2n) is 6.20. The topological polar surface area (TPSA) is 49.8 Å². The Bertz CT molecular complexity index is 535. The number of aromatic hydroxyl groups is 1. The molecule has 22 heavy (non-hydrogen) atoms. The standard InChI is InChI=1S/C17H22ClNO3/c18-15-11-12(5-6-16(15)20)17(21)19-9-7-14(8-10-19)22-13-3-1-2-4-13/h5-6,11,13-14,20H,1-4,7-10H2. The minimum absolute atomic E-state index is 0.00175. The highest BCUT2D eigenvalue weighted by Gasteiger charge is 2.27. The van der Waals surface area contributed by atoms with Gasteiger partial charge in [-0.25, -0.2) is 0 Å². The third-order valence-corrected chi connectivity index (χ3v) is 4.91. The van der Waals surface area contributed by atoms with E-state index in [1.54, 1.807) is 6.07 Å². The van der Waals surface area contributed by atoms with Crippen LogP contribution in [-0.4, -0.2) is 41.2 Å². The summed E-state index contributed by atoms with van der Waals surface area (Å²) in [5, 5.41) is 9.65. The minimum atomic E-state index is -0.0267. The number of amides is 1. The van der Waals surface area contributed by atoms with Crippen molar-refractivity contribution in [3.63, 3.8) is 0 Å². The number of ether oxygens (including phenoxy) is 1. The summed E-state index contributed by atoms with van der Waals surface area (Å²) in [5.41, 5.74) is 0.526. The summed E-state index contributed by atoms with van der Waals surface area (Å²) >= 11 is 5.87. The number of hydrogen-bond acceptors (Lipinski definition) is 3. The van der Waals surface area contributed by atoms with Gasteiger partial charge in [0.1, 0.15) is 5.75 Å². The molecule has 5 heteroatoms. The molecule has 1 saturated heterocycles. The van der Waals surface area contributed by atoms with Gasteiger partial charge in [0.25, 0.3) is 5.91 Å². The van der Waals surface area contributed by atoms with Crippen LogP contribution >= 0.6 is 11.6 Å². The zero-order valence-corrected chi connectivity index (χ0v) is 13.4. The molecule has 0 unspecified atom stereocenters. The third-order valence-electron chi connectivity index (χ3n) is 4.61. The van der Waals surface area contributed by atoms with E-state index >= 15 is 0 Å². The van der Waals surface area contributed by atoms with Crippen LogP contribution in [0.2, 0.25) is 5.02 Å². The molecule has 1 N–H and O–H groups in total. The van der Waals surface area contributed by atoms with Crippen LogP contribution in [0.5, 0.6) is 5.75 Å². The first-order valence-electron chi connectivity index (χ1n) is 8.07. The number of rotatable bonds is 3. The summed E-state index contributed by atoms with van der Waals surface area (Å²) in [6.07, 6.45) is 7.45. The third kappa shape index (κ3) is 3.55. The number of carbonyl (C=O) groups excluding carboxylic acids is 1. The number of carbonyl (C=O) groups is 1. The van der Waals surface area contributed by atoms with Gasteiger partial charge < -0.3 is 14.7 Å². The molecule has 1 heterocycles. The highest BCUT2D eigenvalue weighted by atomic mass is 35.5. The number of hydrogen-bond donors (Lipinski definition) is 1. The van der Waals surface area contributed by atoms with Crippen molar-refractivity contribution in [1.82, 2.24) is 4.90 Å². The molecule has 1 aromatic carbocycles. The van der Waals surface area contributed by atoms with Crippen molar-refractivity contribution in [1.29, 1.82) is 0 Å². The summed E-state index contributed by atoms with van der Waals surface area (Å²) in [6.45, 7) is 1.43. The molecule has 1 amide bonds. The Morgan fingerprint density at radius 1 is 1.14 bits per heavy atom. The lowest BCUT2D eigenvalue weighted by Gasteiger charge is -2.33. The van der Waals surface area contributed by atoms with E-state index in [1.165, 1.54) is 37.8 Å². The molecule has 0 spiro atoms. The maximum absolute atomic E-state index is 12.5. The summed E-state index contributed by atoms with van der Waals surface area (Å²) < 4.78 is 6.13. The van der Waals surface area contributed by atoms with Gasteiger partial charge >= 0.3 is 0 Å². The molecule has 3 rings (SSSR count). The Morgan fingerprint density at radius 3 is 2.41 bits per heavy atom. The van der Waals surface area contributed by atoms with Crippen LogP contribution in [-0.2, 0) is 4.74 Å². The van der Waals surface area contributed by atoms with E-state index in [2.05, 4.69) is 0 Å². The van der Waals surface area contributed by atoms with E-state index in [-0.39, 0.29) is 22.8 Å². The van der Waals surface area contributed by atoms with Crippen molar-refractivity contribution in [2.45, 2.75) is 50.7 Å². The zero-order chi connectivity index (χ0) is 15.5. The number of benzene rings is 1. The molecular weight excluding hydrogens is 302 g/mol. The average molecular weight is 324 g/mol. The smallest absolute Gasteiger partial charge is 0.253 e. The van der Waals surface area contributed by atoms with E-state index in [4.69, 9.17) is 16.3 Å². The molecule has 120 valence electrons. The van der Waals surface area contributed by atoms with E-state index in [1.807, 2.05) is 4.90 Å². The van der Waals surface area contributed by atoms with Gasteiger partial charge in [-0.15, -0.1) is 0 Å². The zero-order valence-electron chi connectivity index (χ0n) is 12.6. The van der Waals surface area contributed by atoms with Gasteiger partial charge in [0.2, 0.25) is 0 Å². The second-order valence-corrected chi connectivity index (χ2v) is 6.61. The van der Waals surface area contributed by atoms with E-state index in [9.17, 15) is 9.90 Å². The molecule has 0 atom stereocenters. The van der Waals surface area contributed by atoms with Crippen molar-refractivity contribution in [2.75, 3.05) is 13.1 Å². The van der Waals surface area contributed by atoms with E-state index in [0.29, 0.717) is 24.8 Å². The number of likely N-dealkylation sites (tertiary alicyclic amines) is 1. The molecule has 2 fully saturated rings. The Labute approximate surface area is 136 Å². The van der Waals surface area contributed by atoms with Crippen molar-refractivity contribution in [3.8, 4) is 5.75 Å². The first-order valence-corrected chi connectivity index (χ1v) is 8.44. The summed E-state index contributed by atoms with van der Waals surface area (Å²) in [5.74, 6) is -0.0249. The predicted molar refractivity (Wildman–Crippen MR) is 85.4 cm³/mol. The fourth-order valence-corrected chi connectivity index (χ4v) is 3.49. The molecule has 0 bridgehead atoms. The summed E-state index contributed by atoms with van der Waals surface area (Å²) in [7, 11) is 0. The van der Waals surface area contributed by atoms with Crippen LogP contribution in [0.4, 0.5) is 0 Å². The monoisotopic (exact) mass is 323 g/mol. The average Bonchev–Trinajstić information content (AvgIpc) is 3.03. The van der Waals surface area contributed by atoms with Crippen LogP contribution in [0, 0.1) is 0 Å². The Hall–Kier alpha value is -1.26. The molecule has 0 aromatic heterocycles. The first kappa shape index (κ1) is 15.6. The Balaban J connectivity index is 1.53. The molecule has 1 aliphatic carbocycles. The fourth-order valence-electron chi connectivity index (χ4n) is 3.31.